The van der Waals surface area contributed by atoms with Crippen molar-refractivity contribution < 1.29 is 4.39 Å². The molecule has 0 radical (unpaired) electrons. The zero-order chi connectivity index (χ0) is 13.5. The molecule has 0 bridgehead atoms. The van der Waals surface area contributed by atoms with Crippen molar-refractivity contribution in [2.45, 2.75) is 6.42 Å². The molecule has 0 heterocycles. The number of rotatable bonds is 4. The van der Waals surface area contributed by atoms with Crippen molar-refractivity contribution in [3.63, 3.8) is 0 Å². The van der Waals surface area contributed by atoms with Gasteiger partial charge in [0.15, 0.2) is 5.96 Å². The van der Waals surface area contributed by atoms with Gasteiger partial charge in [-0.2, -0.15) is 0 Å². The van der Waals surface area contributed by atoms with Crippen LogP contribution in [-0.4, -0.2) is 12.5 Å². The molecular weight excluding hydrogens is 368 g/mol. The van der Waals surface area contributed by atoms with E-state index in [1.54, 1.807) is 6.07 Å². The smallest absolute Gasteiger partial charge is 0.193 e. The number of hydrogen-bond acceptors (Lipinski definition) is 1. The molecule has 2 rings (SSSR count). The number of hydrogen-bond donors (Lipinski definition) is 2. The van der Waals surface area contributed by atoms with Gasteiger partial charge in [0, 0.05) is 12.2 Å². The standard InChI is InChI=1S/C15H16FN3.HI/c16-13-6-4-5-12(11-13)9-10-18-15(17)19-14-7-2-1-3-8-14;/h1-8,11H,9-10H2,(H3,17,18,19);1H. The predicted molar refractivity (Wildman–Crippen MR) is 92.1 cm³/mol. The molecule has 0 fully saturated rings. The molecular formula is C15H17FIN3. The Bertz CT molecular complexity index is 558. The van der Waals surface area contributed by atoms with Gasteiger partial charge in [0.2, 0.25) is 0 Å². The zero-order valence-corrected chi connectivity index (χ0v) is 13.3. The second-order valence-electron chi connectivity index (χ2n) is 4.14. The van der Waals surface area contributed by atoms with E-state index >= 15 is 0 Å². The number of nitrogens with one attached hydrogen (secondary N) is 1. The van der Waals surface area contributed by atoms with Crippen LogP contribution in [0.5, 0.6) is 0 Å². The van der Waals surface area contributed by atoms with E-state index in [4.69, 9.17) is 5.73 Å². The maximum atomic E-state index is 13.0. The molecule has 0 unspecified atom stereocenters. The Morgan fingerprint density at radius 2 is 1.85 bits per heavy atom. The van der Waals surface area contributed by atoms with Crippen LogP contribution in [0.4, 0.5) is 10.1 Å². The normalized spacial score (nSPS) is 10.8. The van der Waals surface area contributed by atoms with Crippen LogP contribution in [0.3, 0.4) is 0 Å². The van der Waals surface area contributed by atoms with E-state index in [0.29, 0.717) is 18.9 Å². The van der Waals surface area contributed by atoms with Crippen molar-refractivity contribution in [2.75, 3.05) is 11.9 Å². The highest BCUT2D eigenvalue weighted by Crippen LogP contribution is 2.05. The lowest BCUT2D eigenvalue weighted by atomic mass is 10.1. The van der Waals surface area contributed by atoms with E-state index in [9.17, 15) is 4.39 Å². The first kappa shape index (κ1) is 16.4. The van der Waals surface area contributed by atoms with Gasteiger partial charge in [0.25, 0.3) is 0 Å². The van der Waals surface area contributed by atoms with E-state index in [0.717, 1.165) is 11.3 Å². The van der Waals surface area contributed by atoms with Gasteiger partial charge < -0.3 is 11.1 Å². The molecule has 0 spiro atoms. The SMILES string of the molecule is I.NC(=NCCc1cccc(F)c1)Nc1ccccc1. The molecule has 3 N–H and O–H groups in total. The van der Waals surface area contributed by atoms with Crippen LogP contribution in [0.2, 0.25) is 0 Å². The number of guanidine groups is 1. The second kappa shape index (κ2) is 8.52. The summed E-state index contributed by atoms with van der Waals surface area (Å²) in [4.78, 5) is 4.21. The molecule has 0 aliphatic carbocycles. The van der Waals surface area contributed by atoms with Gasteiger partial charge >= 0.3 is 0 Å². The maximum absolute atomic E-state index is 13.0. The van der Waals surface area contributed by atoms with E-state index in [-0.39, 0.29) is 29.8 Å². The molecule has 0 aliphatic rings. The monoisotopic (exact) mass is 385 g/mol. The van der Waals surface area contributed by atoms with Gasteiger partial charge in [0.05, 0.1) is 0 Å². The van der Waals surface area contributed by atoms with E-state index < -0.39 is 0 Å². The molecule has 5 heteroatoms. The maximum Gasteiger partial charge on any atom is 0.193 e. The lowest BCUT2D eigenvalue weighted by molar-refractivity contribution is 0.625. The summed E-state index contributed by atoms with van der Waals surface area (Å²) in [5.74, 6) is 0.138. The van der Waals surface area contributed by atoms with Crippen LogP contribution in [0.25, 0.3) is 0 Å². The molecule has 3 nitrogen and oxygen atoms in total. The molecule has 0 atom stereocenters. The Hall–Kier alpha value is -1.63. The van der Waals surface area contributed by atoms with Gasteiger partial charge in [-0.1, -0.05) is 30.3 Å². The quantitative estimate of drug-likeness (QED) is 0.482. The second-order valence-corrected chi connectivity index (χ2v) is 4.14. The highest BCUT2D eigenvalue weighted by atomic mass is 127. The van der Waals surface area contributed by atoms with Crippen molar-refractivity contribution in [3.05, 3.63) is 66.0 Å². The number of nitrogens with zero attached hydrogens (tertiary/aromatic N) is 1. The fraction of sp³-hybridized carbons (Fsp3) is 0.133. The fourth-order valence-corrected chi connectivity index (χ4v) is 1.71. The summed E-state index contributed by atoms with van der Waals surface area (Å²) in [6, 6.07) is 16.1. The minimum absolute atomic E-state index is 0. The third-order valence-electron chi connectivity index (χ3n) is 2.62. The number of nitrogens with two attached hydrogens (primary N) is 1. The molecule has 0 aliphatic heterocycles. The van der Waals surface area contributed by atoms with Crippen LogP contribution in [0, 0.1) is 5.82 Å². The Labute approximate surface area is 135 Å². The number of para-hydroxylation sites is 1. The number of halogens is 2. The first-order valence-electron chi connectivity index (χ1n) is 6.10. The molecule has 0 aromatic heterocycles. The summed E-state index contributed by atoms with van der Waals surface area (Å²) in [6.45, 7) is 0.523. The topological polar surface area (TPSA) is 50.4 Å². The largest absolute Gasteiger partial charge is 0.370 e. The van der Waals surface area contributed by atoms with Crippen molar-refractivity contribution >= 4 is 35.6 Å². The molecule has 2 aromatic rings. The summed E-state index contributed by atoms with van der Waals surface area (Å²) < 4.78 is 13.0. The van der Waals surface area contributed by atoms with Crippen molar-refractivity contribution in [2.24, 2.45) is 10.7 Å². The van der Waals surface area contributed by atoms with Gasteiger partial charge in [-0.3, -0.25) is 4.99 Å². The van der Waals surface area contributed by atoms with E-state index in [2.05, 4.69) is 10.3 Å². The Kier molecular flexibility index (Phi) is 7.00. The summed E-state index contributed by atoms with van der Waals surface area (Å²) in [5.41, 5.74) is 7.58. The lowest BCUT2D eigenvalue weighted by Gasteiger charge is -2.05. The van der Waals surface area contributed by atoms with Crippen LogP contribution in [-0.2, 0) is 6.42 Å². The van der Waals surface area contributed by atoms with Crippen LogP contribution < -0.4 is 11.1 Å². The van der Waals surface area contributed by atoms with Crippen molar-refractivity contribution in [3.8, 4) is 0 Å². The first-order chi connectivity index (χ1) is 9.24. The minimum atomic E-state index is -0.225. The Morgan fingerprint density at radius 1 is 1.10 bits per heavy atom. The highest BCUT2D eigenvalue weighted by molar-refractivity contribution is 14.0. The van der Waals surface area contributed by atoms with Gasteiger partial charge in [-0.15, -0.1) is 24.0 Å². The molecule has 2 aromatic carbocycles. The molecule has 0 saturated heterocycles. The summed E-state index contributed by atoms with van der Waals surface area (Å²) >= 11 is 0. The third-order valence-corrected chi connectivity index (χ3v) is 2.62. The number of benzene rings is 2. The van der Waals surface area contributed by atoms with Crippen molar-refractivity contribution in [1.82, 2.24) is 0 Å². The Balaban J connectivity index is 0.00000200. The lowest BCUT2D eigenvalue weighted by Crippen LogP contribution is -2.23. The minimum Gasteiger partial charge on any atom is -0.370 e. The zero-order valence-electron chi connectivity index (χ0n) is 10.9. The predicted octanol–water partition coefficient (Wildman–Crippen LogP) is 3.41. The molecule has 0 saturated carbocycles. The molecule has 0 amide bonds. The first-order valence-corrected chi connectivity index (χ1v) is 6.10. The fourth-order valence-electron chi connectivity index (χ4n) is 1.71. The van der Waals surface area contributed by atoms with Crippen LogP contribution in [0.15, 0.2) is 59.6 Å². The average Bonchev–Trinajstić information content (AvgIpc) is 2.40. The number of anilines is 1. The third kappa shape index (κ3) is 5.56. The number of aliphatic imine (C=N–C) groups is 1. The van der Waals surface area contributed by atoms with Crippen LogP contribution >= 0.6 is 24.0 Å². The van der Waals surface area contributed by atoms with E-state index in [1.807, 2.05) is 36.4 Å². The van der Waals surface area contributed by atoms with Crippen LogP contribution in [0.1, 0.15) is 5.56 Å². The van der Waals surface area contributed by atoms with E-state index in [1.165, 1.54) is 12.1 Å². The highest BCUT2D eigenvalue weighted by Gasteiger charge is 1.96. The van der Waals surface area contributed by atoms with Gasteiger partial charge in [-0.05, 0) is 36.2 Å². The van der Waals surface area contributed by atoms with Gasteiger partial charge in [0.1, 0.15) is 5.82 Å². The summed E-state index contributed by atoms with van der Waals surface area (Å²) in [5, 5.41) is 2.99. The average molecular weight is 385 g/mol. The molecule has 106 valence electrons. The summed E-state index contributed by atoms with van der Waals surface area (Å²) in [7, 11) is 0. The van der Waals surface area contributed by atoms with Crippen molar-refractivity contribution in [1.29, 1.82) is 0 Å². The Morgan fingerprint density at radius 3 is 2.55 bits per heavy atom. The molecule has 20 heavy (non-hydrogen) atoms. The summed E-state index contributed by atoms with van der Waals surface area (Å²) in [6.07, 6.45) is 0.662. The van der Waals surface area contributed by atoms with Gasteiger partial charge in [-0.25, -0.2) is 4.39 Å².